The van der Waals surface area contributed by atoms with E-state index >= 15 is 0 Å². The molecule has 3 rings (SSSR count). The van der Waals surface area contributed by atoms with E-state index < -0.39 is 21.8 Å². The fraction of sp³-hybridized carbons (Fsp3) is 0.357. The van der Waals surface area contributed by atoms with Crippen LogP contribution >= 0.6 is 11.3 Å². The second-order valence-corrected chi connectivity index (χ2v) is 8.70. The molecule has 2 N–H and O–H groups in total. The maximum atomic E-state index is 12.8. The number of furan rings is 1. The minimum absolute atomic E-state index is 0.0153. The molecule has 2 aromatic rings. The number of hydrogen-bond donors (Lipinski definition) is 2. The van der Waals surface area contributed by atoms with Crippen LogP contribution in [0.4, 0.5) is 9.93 Å². The van der Waals surface area contributed by atoms with Gasteiger partial charge in [-0.15, -0.1) is 0 Å². The predicted molar refractivity (Wildman–Crippen MR) is 87.2 cm³/mol. The van der Waals surface area contributed by atoms with Gasteiger partial charge in [-0.05, 0) is 25.0 Å². The Labute approximate surface area is 141 Å². The van der Waals surface area contributed by atoms with Crippen LogP contribution in [0.1, 0.15) is 22.5 Å². The minimum Gasteiger partial charge on any atom is -0.465 e. The van der Waals surface area contributed by atoms with Gasteiger partial charge in [0.2, 0.25) is 0 Å². The summed E-state index contributed by atoms with van der Waals surface area (Å²) in [5.41, 5.74) is 0.271. The fourth-order valence-electron chi connectivity index (χ4n) is 2.55. The minimum atomic E-state index is -3.07. The molecular weight excluding hydrogens is 356 g/mol. The first-order chi connectivity index (χ1) is 11.4. The molecule has 0 spiro atoms. The van der Waals surface area contributed by atoms with Crippen LogP contribution in [0.15, 0.2) is 22.8 Å². The molecule has 0 radical (unpaired) electrons. The molecule has 0 unspecified atom stereocenters. The topological polar surface area (TPSA) is 127 Å². The zero-order chi connectivity index (χ0) is 17.3. The Morgan fingerprint density at radius 2 is 2.04 bits per heavy atom. The summed E-state index contributed by atoms with van der Waals surface area (Å²) in [5.74, 6) is -0.319. The lowest BCUT2D eigenvalue weighted by Gasteiger charge is -2.20. The van der Waals surface area contributed by atoms with Gasteiger partial charge in [0.15, 0.2) is 16.7 Å². The first kappa shape index (κ1) is 16.7. The van der Waals surface area contributed by atoms with E-state index in [0.717, 1.165) is 11.3 Å². The van der Waals surface area contributed by atoms with Crippen LogP contribution in [0.2, 0.25) is 0 Å². The lowest BCUT2D eigenvalue weighted by atomic mass is 9.95. The number of carbonyl (C=O) groups is 2. The summed E-state index contributed by atoms with van der Waals surface area (Å²) in [7, 11) is -3.07. The first-order valence-corrected chi connectivity index (χ1v) is 9.79. The summed E-state index contributed by atoms with van der Waals surface area (Å²) in [6.07, 6.45) is 0.675. The van der Waals surface area contributed by atoms with Crippen molar-refractivity contribution in [2.45, 2.75) is 12.8 Å². The van der Waals surface area contributed by atoms with Crippen LogP contribution in [0.3, 0.4) is 0 Å². The molecule has 1 fully saturated rings. The Morgan fingerprint density at radius 3 is 2.62 bits per heavy atom. The average Bonchev–Trinajstić information content (AvgIpc) is 3.14. The largest absolute Gasteiger partial charge is 0.465 e. The number of ketones is 1. The highest BCUT2D eigenvalue weighted by Gasteiger charge is 2.32. The van der Waals surface area contributed by atoms with Crippen LogP contribution < -0.4 is 5.32 Å². The lowest BCUT2D eigenvalue weighted by Crippen LogP contribution is -2.28. The Hall–Kier alpha value is -2.20. The van der Waals surface area contributed by atoms with Gasteiger partial charge in [0.25, 0.3) is 0 Å². The molecule has 0 aromatic carbocycles. The van der Waals surface area contributed by atoms with Crippen LogP contribution in [0, 0.1) is 5.92 Å². The Morgan fingerprint density at radius 1 is 1.33 bits per heavy atom. The number of anilines is 1. The molecular formula is C14H14N2O6S2. The van der Waals surface area contributed by atoms with Crippen molar-refractivity contribution in [3.05, 3.63) is 23.3 Å². The molecule has 1 saturated heterocycles. The van der Waals surface area contributed by atoms with Crippen molar-refractivity contribution in [3.8, 4) is 11.5 Å². The number of carboxylic acid groups (broad SMARTS) is 1. The first-order valence-electron chi connectivity index (χ1n) is 7.15. The molecule has 0 atom stereocenters. The second-order valence-electron chi connectivity index (χ2n) is 5.39. The number of nitrogens with one attached hydrogen (secondary N) is 1. The van der Waals surface area contributed by atoms with Crippen LogP contribution in [0.5, 0.6) is 0 Å². The molecule has 0 bridgehead atoms. The van der Waals surface area contributed by atoms with Crippen LogP contribution in [-0.2, 0) is 9.84 Å². The van der Waals surface area contributed by atoms with E-state index in [-0.39, 0.29) is 45.8 Å². The number of rotatable bonds is 4. The standard InChI is InChI=1S/C14H14N2O6S2/c17-11(8-3-6-24(20,21)7-4-8)12-10(9-2-1-5-22-9)15-13(23-12)16-14(18)19/h1-2,5,8H,3-4,6-7H2,(H,15,16)(H,18,19). The maximum absolute atomic E-state index is 12.8. The molecule has 24 heavy (non-hydrogen) atoms. The normalized spacial score (nSPS) is 17.5. The quantitative estimate of drug-likeness (QED) is 0.792. The van der Waals surface area contributed by atoms with Gasteiger partial charge < -0.3 is 9.52 Å². The van der Waals surface area contributed by atoms with E-state index in [9.17, 15) is 18.0 Å². The average molecular weight is 370 g/mol. The van der Waals surface area contributed by atoms with E-state index in [1.807, 2.05) is 0 Å². The highest BCUT2D eigenvalue weighted by Crippen LogP contribution is 2.35. The van der Waals surface area contributed by atoms with Crippen molar-refractivity contribution < 1.29 is 27.5 Å². The number of amides is 1. The summed E-state index contributed by atoms with van der Waals surface area (Å²) in [4.78, 5) is 28.0. The third-order valence-electron chi connectivity index (χ3n) is 3.74. The number of carbonyl (C=O) groups excluding carboxylic acids is 1. The van der Waals surface area contributed by atoms with Gasteiger partial charge in [0.1, 0.15) is 20.4 Å². The van der Waals surface area contributed by atoms with Crippen molar-refractivity contribution in [3.63, 3.8) is 0 Å². The number of Topliss-reactive ketones (excluding diaryl/α,β-unsaturated/α-hetero) is 1. The Balaban J connectivity index is 1.92. The monoisotopic (exact) mass is 370 g/mol. The van der Waals surface area contributed by atoms with Crippen molar-refractivity contribution in [1.82, 2.24) is 4.98 Å². The lowest BCUT2D eigenvalue weighted by molar-refractivity contribution is 0.0916. The van der Waals surface area contributed by atoms with Crippen LogP contribution in [0.25, 0.3) is 11.5 Å². The molecule has 2 aromatic heterocycles. The number of thiazole rings is 1. The SMILES string of the molecule is O=C(O)Nc1nc(-c2ccco2)c(C(=O)C2CCS(=O)(=O)CC2)s1. The molecule has 10 heteroatoms. The van der Waals surface area contributed by atoms with Gasteiger partial charge in [0, 0.05) is 5.92 Å². The second kappa shape index (κ2) is 6.36. The Bertz CT molecular complexity index is 855. The van der Waals surface area contributed by atoms with E-state index in [1.54, 1.807) is 12.1 Å². The summed E-state index contributed by atoms with van der Waals surface area (Å²) in [6, 6.07) is 3.27. The summed E-state index contributed by atoms with van der Waals surface area (Å²) >= 11 is 0.926. The molecule has 128 valence electrons. The van der Waals surface area contributed by atoms with Crippen LogP contribution in [-0.4, -0.2) is 41.9 Å². The third kappa shape index (κ3) is 3.49. The van der Waals surface area contributed by atoms with Gasteiger partial charge in [-0.2, -0.15) is 0 Å². The van der Waals surface area contributed by atoms with E-state index in [1.165, 1.54) is 6.26 Å². The summed E-state index contributed by atoms with van der Waals surface area (Å²) in [5, 5.41) is 11.0. The number of nitrogens with zero attached hydrogens (tertiary/aromatic N) is 1. The van der Waals surface area contributed by atoms with Gasteiger partial charge >= 0.3 is 6.09 Å². The fourth-order valence-corrected chi connectivity index (χ4v) is 5.02. The number of aromatic nitrogens is 1. The molecule has 3 heterocycles. The van der Waals surface area contributed by atoms with Gasteiger partial charge in [-0.25, -0.2) is 18.2 Å². The zero-order valence-corrected chi connectivity index (χ0v) is 14.0. The summed E-state index contributed by atoms with van der Waals surface area (Å²) < 4.78 is 28.3. The highest BCUT2D eigenvalue weighted by molar-refractivity contribution is 7.91. The van der Waals surface area contributed by atoms with Crippen molar-refractivity contribution in [2.75, 3.05) is 16.8 Å². The van der Waals surface area contributed by atoms with Crippen molar-refractivity contribution in [2.24, 2.45) is 5.92 Å². The Kier molecular flexibility index (Phi) is 4.41. The smallest absolute Gasteiger partial charge is 0.410 e. The van der Waals surface area contributed by atoms with E-state index in [4.69, 9.17) is 9.52 Å². The van der Waals surface area contributed by atoms with Gasteiger partial charge in [-0.1, -0.05) is 11.3 Å². The molecule has 8 nitrogen and oxygen atoms in total. The van der Waals surface area contributed by atoms with Gasteiger partial charge in [-0.3, -0.25) is 10.1 Å². The molecule has 1 amide bonds. The molecule has 1 aliphatic heterocycles. The highest BCUT2D eigenvalue weighted by atomic mass is 32.2. The van der Waals surface area contributed by atoms with Gasteiger partial charge in [0.05, 0.1) is 17.8 Å². The number of sulfone groups is 1. The predicted octanol–water partition coefficient (Wildman–Crippen LogP) is 2.50. The molecule has 1 aliphatic rings. The molecule has 0 aliphatic carbocycles. The van der Waals surface area contributed by atoms with Crippen molar-refractivity contribution >= 4 is 38.2 Å². The third-order valence-corrected chi connectivity index (χ3v) is 6.45. The summed E-state index contributed by atoms with van der Waals surface area (Å²) in [6.45, 7) is 0. The molecule has 0 saturated carbocycles. The maximum Gasteiger partial charge on any atom is 0.410 e. The zero-order valence-electron chi connectivity index (χ0n) is 12.4. The van der Waals surface area contributed by atoms with E-state index in [0.29, 0.717) is 5.76 Å². The number of hydrogen-bond acceptors (Lipinski definition) is 7. The van der Waals surface area contributed by atoms with Crippen molar-refractivity contribution in [1.29, 1.82) is 0 Å². The van der Waals surface area contributed by atoms with E-state index in [2.05, 4.69) is 10.3 Å².